The highest BCUT2D eigenvalue weighted by atomic mass is 79.9. The zero-order valence-electron chi connectivity index (χ0n) is 15.4. The second-order valence-electron chi connectivity index (χ2n) is 6.11. The number of anilines is 1. The standard InChI is InChI=1S/C20H18BrN3O4S/c1-15-7-9-19(10-8-15)29(26,27)24(17-5-2-4-16(21)12-17)14-20(25)23-22-13-18-6-3-11-28-18/h2-13H,14H2,1H3,(H,23,25)/b22-13-. The molecule has 0 saturated heterocycles. The van der Waals surface area contributed by atoms with Crippen molar-refractivity contribution >= 4 is 43.8 Å². The predicted molar refractivity (Wildman–Crippen MR) is 114 cm³/mol. The van der Waals surface area contributed by atoms with E-state index in [1.165, 1.54) is 24.6 Å². The number of aryl methyl sites for hydroxylation is 1. The van der Waals surface area contributed by atoms with E-state index in [2.05, 4.69) is 26.5 Å². The van der Waals surface area contributed by atoms with Gasteiger partial charge in [-0.2, -0.15) is 5.10 Å². The molecule has 1 amide bonds. The number of amides is 1. The van der Waals surface area contributed by atoms with Crippen molar-refractivity contribution < 1.29 is 17.6 Å². The first-order chi connectivity index (χ1) is 13.9. The van der Waals surface area contributed by atoms with E-state index in [0.717, 1.165) is 9.87 Å². The number of benzene rings is 2. The summed E-state index contributed by atoms with van der Waals surface area (Å²) in [6, 6.07) is 16.5. The van der Waals surface area contributed by atoms with Crippen LogP contribution in [0.1, 0.15) is 11.3 Å². The van der Waals surface area contributed by atoms with Crippen LogP contribution >= 0.6 is 15.9 Å². The third-order valence-electron chi connectivity index (χ3n) is 3.92. The minimum atomic E-state index is -3.97. The highest BCUT2D eigenvalue weighted by molar-refractivity contribution is 9.10. The molecule has 0 saturated carbocycles. The summed E-state index contributed by atoms with van der Waals surface area (Å²) >= 11 is 3.34. The summed E-state index contributed by atoms with van der Waals surface area (Å²) in [6.45, 7) is 1.43. The van der Waals surface area contributed by atoms with Crippen LogP contribution in [0, 0.1) is 6.92 Å². The summed E-state index contributed by atoms with van der Waals surface area (Å²) in [5.41, 5.74) is 3.61. The Balaban J connectivity index is 1.87. The van der Waals surface area contributed by atoms with Crippen LogP contribution in [0.5, 0.6) is 0 Å². The molecule has 0 unspecified atom stereocenters. The minimum absolute atomic E-state index is 0.0926. The number of nitrogens with zero attached hydrogens (tertiary/aromatic N) is 2. The predicted octanol–water partition coefficient (Wildman–Crippen LogP) is 3.70. The topological polar surface area (TPSA) is 92.0 Å². The molecule has 0 aliphatic rings. The molecule has 0 aliphatic heterocycles. The van der Waals surface area contributed by atoms with Crippen molar-refractivity contribution in [1.82, 2.24) is 5.43 Å². The van der Waals surface area contributed by atoms with Crippen molar-refractivity contribution in [2.45, 2.75) is 11.8 Å². The summed E-state index contributed by atoms with van der Waals surface area (Å²) in [5.74, 6) is -0.134. The quantitative estimate of drug-likeness (QED) is 0.416. The van der Waals surface area contributed by atoms with Crippen LogP contribution in [0.3, 0.4) is 0 Å². The number of carbonyl (C=O) groups is 1. The van der Waals surface area contributed by atoms with Crippen LogP contribution in [0.25, 0.3) is 0 Å². The Morgan fingerprint density at radius 1 is 1.17 bits per heavy atom. The minimum Gasteiger partial charge on any atom is -0.463 e. The van der Waals surface area contributed by atoms with Gasteiger partial charge in [-0.05, 0) is 49.4 Å². The lowest BCUT2D eigenvalue weighted by molar-refractivity contribution is -0.119. The lowest BCUT2D eigenvalue weighted by atomic mass is 10.2. The molecule has 0 aliphatic carbocycles. The highest BCUT2D eigenvalue weighted by Gasteiger charge is 2.27. The molecule has 150 valence electrons. The molecule has 0 spiro atoms. The van der Waals surface area contributed by atoms with Crippen molar-refractivity contribution in [2.75, 3.05) is 10.8 Å². The summed E-state index contributed by atoms with van der Waals surface area (Å²) in [6.07, 6.45) is 2.81. The number of hydrogen-bond acceptors (Lipinski definition) is 5. The molecule has 0 atom stereocenters. The fourth-order valence-corrected chi connectivity index (χ4v) is 4.28. The molecule has 3 aromatic rings. The van der Waals surface area contributed by atoms with Crippen LogP contribution in [0.2, 0.25) is 0 Å². The van der Waals surface area contributed by atoms with Crippen molar-refractivity contribution in [3.8, 4) is 0 Å². The third kappa shape index (κ3) is 5.33. The monoisotopic (exact) mass is 475 g/mol. The van der Waals surface area contributed by atoms with E-state index in [0.29, 0.717) is 15.9 Å². The number of hydrogen-bond donors (Lipinski definition) is 1. The van der Waals surface area contributed by atoms with Crippen LogP contribution in [0.4, 0.5) is 5.69 Å². The van der Waals surface area contributed by atoms with E-state index in [1.54, 1.807) is 48.5 Å². The van der Waals surface area contributed by atoms with Crippen LogP contribution in [0.15, 0.2) is 85.8 Å². The number of furan rings is 1. The van der Waals surface area contributed by atoms with Crippen LogP contribution < -0.4 is 9.73 Å². The molecule has 9 heteroatoms. The molecule has 0 bridgehead atoms. The van der Waals surface area contributed by atoms with Gasteiger partial charge in [0.25, 0.3) is 15.9 Å². The first-order valence-corrected chi connectivity index (χ1v) is 10.8. The molecular weight excluding hydrogens is 458 g/mol. The van der Waals surface area contributed by atoms with Gasteiger partial charge in [-0.15, -0.1) is 0 Å². The lowest BCUT2D eigenvalue weighted by Crippen LogP contribution is -2.39. The van der Waals surface area contributed by atoms with Gasteiger partial charge in [0.05, 0.1) is 23.1 Å². The first-order valence-electron chi connectivity index (χ1n) is 8.56. The van der Waals surface area contributed by atoms with Crippen molar-refractivity contribution in [3.05, 3.63) is 82.7 Å². The van der Waals surface area contributed by atoms with Gasteiger partial charge >= 0.3 is 0 Å². The molecule has 1 heterocycles. The van der Waals surface area contributed by atoms with Gasteiger partial charge in [-0.25, -0.2) is 13.8 Å². The average Bonchev–Trinajstić information content (AvgIpc) is 3.20. The smallest absolute Gasteiger partial charge is 0.264 e. The molecular formula is C20H18BrN3O4S. The summed E-state index contributed by atoms with van der Waals surface area (Å²) < 4.78 is 33.3. The summed E-state index contributed by atoms with van der Waals surface area (Å²) in [4.78, 5) is 12.5. The number of halogens is 1. The van der Waals surface area contributed by atoms with Gasteiger partial charge in [-0.1, -0.05) is 39.7 Å². The fraction of sp³-hybridized carbons (Fsp3) is 0.100. The second-order valence-corrected chi connectivity index (χ2v) is 8.89. The number of nitrogens with one attached hydrogen (secondary N) is 1. The number of hydrazone groups is 1. The van der Waals surface area contributed by atoms with Gasteiger partial charge < -0.3 is 4.42 Å². The van der Waals surface area contributed by atoms with Gasteiger partial charge in [0.15, 0.2) is 0 Å². The van der Waals surface area contributed by atoms with E-state index < -0.39 is 22.5 Å². The number of carbonyl (C=O) groups excluding carboxylic acids is 1. The average molecular weight is 476 g/mol. The van der Waals surface area contributed by atoms with Crippen LogP contribution in [-0.2, 0) is 14.8 Å². The van der Waals surface area contributed by atoms with Gasteiger partial charge in [-0.3, -0.25) is 9.10 Å². The Kier molecular flexibility index (Phi) is 6.50. The van der Waals surface area contributed by atoms with Crippen molar-refractivity contribution in [2.24, 2.45) is 5.10 Å². The Bertz CT molecular complexity index is 1110. The molecule has 7 nitrogen and oxygen atoms in total. The highest BCUT2D eigenvalue weighted by Crippen LogP contribution is 2.26. The molecule has 0 radical (unpaired) electrons. The maximum atomic E-state index is 13.2. The maximum Gasteiger partial charge on any atom is 0.264 e. The summed E-state index contributed by atoms with van der Waals surface area (Å²) in [5, 5.41) is 3.80. The molecule has 1 aromatic heterocycles. The molecule has 0 fully saturated rings. The van der Waals surface area contributed by atoms with Crippen molar-refractivity contribution in [3.63, 3.8) is 0 Å². The van der Waals surface area contributed by atoms with E-state index in [9.17, 15) is 13.2 Å². The van der Waals surface area contributed by atoms with E-state index >= 15 is 0 Å². The third-order valence-corrected chi connectivity index (χ3v) is 6.20. The SMILES string of the molecule is Cc1ccc(S(=O)(=O)N(CC(=O)N/N=C\c2ccco2)c2cccc(Br)c2)cc1. The summed E-state index contributed by atoms with van der Waals surface area (Å²) in [7, 11) is -3.97. The fourth-order valence-electron chi connectivity index (χ4n) is 2.48. The van der Waals surface area contributed by atoms with Gasteiger partial charge in [0, 0.05) is 4.47 Å². The molecule has 2 aromatic carbocycles. The number of rotatable bonds is 7. The Hall–Kier alpha value is -2.91. The number of sulfonamides is 1. The Morgan fingerprint density at radius 3 is 2.59 bits per heavy atom. The van der Waals surface area contributed by atoms with Crippen LogP contribution in [-0.4, -0.2) is 27.1 Å². The van der Waals surface area contributed by atoms with E-state index in [1.807, 2.05) is 6.92 Å². The van der Waals surface area contributed by atoms with Gasteiger partial charge in [0.1, 0.15) is 12.3 Å². The Labute approximate surface area is 177 Å². The normalized spacial score (nSPS) is 11.5. The first kappa shape index (κ1) is 20.8. The van der Waals surface area contributed by atoms with E-state index in [4.69, 9.17) is 4.42 Å². The molecule has 3 rings (SSSR count). The van der Waals surface area contributed by atoms with Crippen molar-refractivity contribution in [1.29, 1.82) is 0 Å². The lowest BCUT2D eigenvalue weighted by Gasteiger charge is -2.24. The maximum absolute atomic E-state index is 13.2. The zero-order valence-corrected chi connectivity index (χ0v) is 17.9. The largest absolute Gasteiger partial charge is 0.463 e. The van der Waals surface area contributed by atoms with Gasteiger partial charge in [0.2, 0.25) is 0 Å². The second kappa shape index (κ2) is 9.06. The Morgan fingerprint density at radius 2 is 1.93 bits per heavy atom. The zero-order chi connectivity index (χ0) is 20.9. The van der Waals surface area contributed by atoms with E-state index in [-0.39, 0.29) is 4.90 Å². The molecule has 1 N–H and O–H groups in total. The molecule has 29 heavy (non-hydrogen) atoms.